The second-order valence-electron chi connectivity index (χ2n) is 3.44. The summed E-state index contributed by atoms with van der Waals surface area (Å²) in [5.74, 6) is -1.34. The average molecular weight is 309 g/mol. The summed E-state index contributed by atoms with van der Waals surface area (Å²) in [4.78, 5) is 38.5. The number of carbonyl (C=O) groups is 1. The molecule has 0 aliphatic rings. The van der Waals surface area contributed by atoms with Crippen LogP contribution in [0.3, 0.4) is 0 Å². The van der Waals surface area contributed by atoms with Crippen molar-refractivity contribution < 1.29 is 28.6 Å². The van der Waals surface area contributed by atoms with Gasteiger partial charge in [0.25, 0.3) is 5.91 Å². The lowest BCUT2D eigenvalue weighted by Crippen LogP contribution is -2.29. The van der Waals surface area contributed by atoms with Gasteiger partial charge >= 0.3 is 13.6 Å². The van der Waals surface area contributed by atoms with Gasteiger partial charge in [-0.2, -0.15) is 0 Å². The van der Waals surface area contributed by atoms with Gasteiger partial charge < -0.3 is 31.0 Å². The fraction of sp³-hybridized carbons (Fsp3) is 0.429. The Morgan fingerprint density at radius 3 is 2.80 bits per heavy atom. The number of carbonyl (C=O) groups excluding carboxylic acids is 1. The number of rotatable bonds is 7. The summed E-state index contributed by atoms with van der Waals surface area (Å²) >= 11 is 0. The first-order valence-corrected chi connectivity index (χ1v) is 6.68. The minimum Gasteiger partial charge on any atom is -0.358 e. The van der Waals surface area contributed by atoms with E-state index in [2.05, 4.69) is 14.9 Å². The van der Waals surface area contributed by atoms with Crippen molar-refractivity contribution in [2.75, 3.05) is 13.1 Å². The van der Waals surface area contributed by atoms with E-state index in [-0.39, 0.29) is 18.8 Å². The molecule has 1 heterocycles. The molecule has 112 valence electrons. The molecule has 0 atom stereocenters. The summed E-state index contributed by atoms with van der Waals surface area (Å²) < 4.78 is 15.2. The van der Waals surface area contributed by atoms with Gasteiger partial charge in [0.15, 0.2) is 5.69 Å². The van der Waals surface area contributed by atoms with Crippen LogP contribution in [0.2, 0.25) is 0 Å². The Bertz CT molecular complexity index is 552. The minimum absolute atomic E-state index is 0.151. The molecule has 5 N–H and O–H groups in total. The number of nitrogens with zero attached hydrogens (tertiary/aromatic N) is 3. The number of phosphoric ester groups is 1. The molecule has 0 saturated carbocycles. The van der Waals surface area contributed by atoms with Crippen molar-refractivity contribution in [1.82, 2.24) is 15.1 Å². The molecule has 0 radical (unpaired) electrons. The van der Waals surface area contributed by atoms with Gasteiger partial charge in [-0.1, -0.05) is 5.10 Å². The molecule has 0 bridgehead atoms. The van der Waals surface area contributed by atoms with E-state index in [9.17, 15) is 19.5 Å². The maximum absolute atomic E-state index is 11.5. The van der Waals surface area contributed by atoms with Crippen LogP contribution < -0.4 is 11.1 Å². The van der Waals surface area contributed by atoms with Crippen LogP contribution in [0.25, 0.3) is 0 Å². The van der Waals surface area contributed by atoms with Gasteiger partial charge in [0.2, 0.25) is 6.73 Å². The highest BCUT2D eigenvalue weighted by molar-refractivity contribution is 7.46. The van der Waals surface area contributed by atoms with E-state index in [4.69, 9.17) is 15.5 Å². The number of aromatic nitrogens is 2. The molecule has 0 saturated heterocycles. The van der Waals surface area contributed by atoms with Crippen LogP contribution in [0.5, 0.6) is 0 Å². The molecule has 0 unspecified atom stereocenters. The highest BCUT2D eigenvalue weighted by Gasteiger charge is 2.25. The number of hydrogen-bond donors (Lipinski definition) is 4. The number of hydrogen-bond acceptors (Lipinski definition) is 7. The van der Waals surface area contributed by atoms with Crippen LogP contribution in [0.15, 0.2) is 6.07 Å². The third-order valence-corrected chi connectivity index (χ3v) is 2.41. The first kappa shape index (κ1) is 16.2. The monoisotopic (exact) mass is 309 g/mol. The van der Waals surface area contributed by atoms with Gasteiger partial charge in [-0.15, -0.1) is 4.68 Å². The molecule has 20 heavy (non-hydrogen) atoms. The molecular weight excluding hydrogens is 297 g/mol. The Morgan fingerprint density at radius 2 is 2.30 bits per heavy atom. The van der Waals surface area contributed by atoms with E-state index in [1.54, 1.807) is 0 Å². The van der Waals surface area contributed by atoms with E-state index in [1.807, 2.05) is 0 Å². The maximum Gasteiger partial charge on any atom is 0.472 e. The van der Waals surface area contributed by atoms with E-state index in [0.717, 1.165) is 6.07 Å². The molecule has 0 aliphatic heterocycles. The molecular formula is C7H12N5O7P. The normalized spacial score (nSPS) is 11.3. The molecule has 12 nitrogen and oxygen atoms in total. The Morgan fingerprint density at radius 1 is 1.65 bits per heavy atom. The van der Waals surface area contributed by atoms with Crippen LogP contribution in [-0.2, 0) is 15.8 Å². The number of nitrogens with two attached hydrogens (primary N) is 1. The Hall–Kier alpha value is -1.85. The van der Waals surface area contributed by atoms with Crippen LogP contribution in [0.4, 0.5) is 5.82 Å². The van der Waals surface area contributed by atoms with Crippen molar-refractivity contribution in [3.05, 3.63) is 21.9 Å². The lowest BCUT2D eigenvalue weighted by molar-refractivity contribution is -0.393. The van der Waals surface area contributed by atoms with Gasteiger partial charge in [-0.25, -0.2) is 9.09 Å². The molecule has 1 aromatic heterocycles. The van der Waals surface area contributed by atoms with Crippen molar-refractivity contribution in [3.63, 3.8) is 0 Å². The zero-order valence-electron chi connectivity index (χ0n) is 10.0. The fourth-order valence-electron chi connectivity index (χ4n) is 1.17. The van der Waals surface area contributed by atoms with Gasteiger partial charge in [-0.3, -0.25) is 4.79 Å². The highest BCUT2D eigenvalue weighted by atomic mass is 31.2. The molecule has 0 aliphatic carbocycles. The third kappa shape index (κ3) is 4.68. The summed E-state index contributed by atoms with van der Waals surface area (Å²) in [6.45, 7) is -0.543. The number of amides is 1. The molecule has 13 heteroatoms. The van der Waals surface area contributed by atoms with Crippen molar-refractivity contribution >= 4 is 19.5 Å². The van der Waals surface area contributed by atoms with Crippen LogP contribution in [0, 0.1) is 10.1 Å². The fourth-order valence-corrected chi connectivity index (χ4v) is 1.43. The Labute approximate surface area is 111 Å². The average Bonchev–Trinajstić information content (AvgIpc) is 2.77. The quantitative estimate of drug-likeness (QED) is 0.265. The second kappa shape index (κ2) is 6.54. The summed E-state index contributed by atoms with van der Waals surface area (Å²) in [7, 11) is -4.81. The first-order valence-electron chi connectivity index (χ1n) is 5.15. The molecule has 0 spiro atoms. The second-order valence-corrected chi connectivity index (χ2v) is 4.68. The van der Waals surface area contributed by atoms with Crippen molar-refractivity contribution in [3.8, 4) is 0 Å². The maximum atomic E-state index is 11.5. The third-order valence-electron chi connectivity index (χ3n) is 1.96. The zero-order chi connectivity index (χ0) is 15.3. The van der Waals surface area contributed by atoms with Gasteiger partial charge in [0.1, 0.15) is 0 Å². The van der Waals surface area contributed by atoms with Gasteiger partial charge in [0, 0.05) is 13.1 Å². The van der Waals surface area contributed by atoms with Crippen molar-refractivity contribution in [2.45, 2.75) is 6.73 Å². The zero-order valence-corrected chi connectivity index (χ0v) is 10.9. The standard InChI is InChI=1S/C7H12N5O7P/c8-1-2-9-7(13)5-3-6(12(14)15)11(10-5)4-19-20(16,17)18/h3H,1-2,4,8H2,(H,9,13)(H2,16,17,18). The van der Waals surface area contributed by atoms with E-state index in [1.165, 1.54) is 0 Å². The van der Waals surface area contributed by atoms with Gasteiger partial charge in [-0.05, 0) is 4.92 Å². The van der Waals surface area contributed by atoms with Crippen LogP contribution in [-0.4, -0.2) is 43.5 Å². The molecule has 1 amide bonds. The van der Waals surface area contributed by atoms with Gasteiger partial charge in [0.05, 0.1) is 6.07 Å². The van der Waals surface area contributed by atoms with E-state index < -0.39 is 31.2 Å². The summed E-state index contributed by atoms with van der Waals surface area (Å²) in [5, 5.41) is 16.6. The Balaban J connectivity index is 2.93. The minimum atomic E-state index is -4.81. The van der Waals surface area contributed by atoms with Crippen molar-refractivity contribution in [2.24, 2.45) is 5.73 Å². The summed E-state index contributed by atoms with van der Waals surface area (Å²) in [6.07, 6.45) is 0. The summed E-state index contributed by atoms with van der Waals surface area (Å²) in [6, 6.07) is 0.856. The molecule has 0 aromatic carbocycles. The summed E-state index contributed by atoms with van der Waals surface area (Å²) in [5.41, 5.74) is 4.89. The molecule has 1 rings (SSSR count). The van der Waals surface area contributed by atoms with Crippen LogP contribution in [0.1, 0.15) is 10.5 Å². The predicted molar refractivity (Wildman–Crippen MR) is 63.4 cm³/mol. The highest BCUT2D eigenvalue weighted by Crippen LogP contribution is 2.36. The Kier molecular flexibility index (Phi) is 5.30. The lowest BCUT2D eigenvalue weighted by Gasteiger charge is -2.02. The predicted octanol–water partition coefficient (Wildman–Crippen LogP) is -1.45. The number of nitrogens with one attached hydrogen (secondary N) is 1. The topological polar surface area (TPSA) is 183 Å². The van der Waals surface area contributed by atoms with Crippen LogP contribution >= 0.6 is 7.82 Å². The van der Waals surface area contributed by atoms with Crippen molar-refractivity contribution in [1.29, 1.82) is 0 Å². The van der Waals surface area contributed by atoms with E-state index >= 15 is 0 Å². The largest absolute Gasteiger partial charge is 0.472 e. The lowest BCUT2D eigenvalue weighted by atomic mass is 10.4. The molecule has 0 fully saturated rings. The molecule has 1 aromatic rings. The van der Waals surface area contributed by atoms with E-state index in [0.29, 0.717) is 4.68 Å². The first-order chi connectivity index (χ1) is 9.24. The number of phosphoric acid groups is 1. The SMILES string of the molecule is NCCNC(=O)c1cc([N+](=O)[O-])n(COP(=O)(O)O)n1. The number of nitro groups is 1. The smallest absolute Gasteiger partial charge is 0.358 e.